The number of H-pyrrole nitrogens is 1. The highest BCUT2D eigenvalue weighted by Gasteiger charge is 2.34. The Bertz CT molecular complexity index is 790. The first-order valence-electron chi connectivity index (χ1n) is 10.2. The molecule has 6 atom stereocenters. The van der Waals surface area contributed by atoms with Crippen LogP contribution in [0.5, 0.6) is 0 Å². The van der Waals surface area contributed by atoms with Crippen molar-refractivity contribution in [1.82, 2.24) is 25.9 Å². The van der Waals surface area contributed by atoms with Gasteiger partial charge in [-0.2, -0.15) is 11.8 Å². The second kappa shape index (κ2) is 13.8. The van der Waals surface area contributed by atoms with Gasteiger partial charge in [-0.15, -0.1) is 0 Å². The minimum absolute atomic E-state index is 0.109. The van der Waals surface area contributed by atoms with Gasteiger partial charge in [-0.05, 0) is 32.3 Å². The van der Waals surface area contributed by atoms with Crippen molar-refractivity contribution in [2.75, 3.05) is 12.0 Å². The average Bonchev–Trinajstić information content (AvgIpc) is 3.25. The van der Waals surface area contributed by atoms with Crippen molar-refractivity contribution in [3.63, 3.8) is 0 Å². The van der Waals surface area contributed by atoms with Crippen LogP contribution in [0.4, 0.5) is 0 Å². The van der Waals surface area contributed by atoms with E-state index in [-0.39, 0.29) is 6.42 Å². The molecule has 0 aliphatic carbocycles. The summed E-state index contributed by atoms with van der Waals surface area (Å²) in [6, 6.07) is -5.27. The van der Waals surface area contributed by atoms with E-state index in [1.54, 1.807) is 0 Å². The molecule has 33 heavy (non-hydrogen) atoms. The number of thioether (sulfide) groups is 1. The molecule has 1 heterocycles. The van der Waals surface area contributed by atoms with E-state index in [4.69, 9.17) is 5.73 Å². The largest absolute Gasteiger partial charge is 0.480 e. The number of nitrogens with two attached hydrogens (primary N) is 1. The Balaban J connectivity index is 2.87. The molecule has 186 valence electrons. The molecule has 6 unspecified atom stereocenters. The van der Waals surface area contributed by atoms with Gasteiger partial charge in [0, 0.05) is 18.3 Å². The maximum atomic E-state index is 12.7. The van der Waals surface area contributed by atoms with E-state index in [1.165, 1.54) is 38.1 Å². The number of hydrogen-bond acceptors (Lipinski definition) is 9. The molecule has 0 saturated carbocycles. The number of hydrogen-bond donors (Lipinski definition) is 8. The molecule has 14 heteroatoms. The molecule has 0 radical (unpaired) electrons. The maximum Gasteiger partial charge on any atom is 0.326 e. The molecule has 0 aliphatic rings. The van der Waals surface area contributed by atoms with E-state index in [0.29, 0.717) is 17.9 Å². The predicted octanol–water partition coefficient (Wildman–Crippen LogP) is -2.67. The summed E-state index contributed by atoms with van der Waals surface area (Å²) in [4.78, 5) is 55.7. The number of aliphatic hydroxyl groups is 2. The molecule has 1 aromatic rings. The lowest BCUT2D eigenvalue weighted by Crippen LogP contribution is -2.62. The van der Waals surface area contributed by atoms with Crippen LogP contribution in [0.25, 0.3) is 0 Å². The standard InChI is InChI=1S/C19H32N6O7S/c1-9(26)14(17(29)23-13(19(31)32)6-11-7-21-8-22-11)25-18(30)15(10(2)27)24-16(28)12(20)4-5-33-3/h7-10,12-15,26-27H,4-6,20H2,1-3H3,(H,21,22)(H,23,29)(H,24,28)(H,25,30)(H,31,32). The topological polar surface area (TPSA) is 220 Å². The lowest BCUT2D eigenvalue weighted by molar-refractivity contribution is -0.143. The summed E-state index contributed by atoms with van der Waals surface area (Å²) in [6.45, 7) is 2.49. The summed E-state index contributed by atoms with van der Waals surface area (Å²) in [6.07, 6.45) is 2.09. The predicted molar refractivity (Wildman–Crippen MR) is 120 cm³/mol. The minimum atomic E-state index is -1.55. The Morgan fingerprint density at radius 1 is 1.06 bits per heavy atom. The third-order valence-electron chi connectivity index (χ3n) is 4.69. The summed E-state index contributed by atoms with van der Waals surface area (Å²) < 4.78 is 0. The number of imidazole rings is 1. The number of carboxylic acids is 1. The number of aromatic nitrogens is 2. The molecule has 0 fully saturated rings. The van der Waals surface area contributed by atoms with Crippen molar-refractivity contribution in [3.8, 4) is 0 Å². The Morgan fingerprint density at radius 3 is 2.06 bits per heavy atom. The zero-order chi connectivity index (χ0) is 25.1. The van der Waals surface area contributed by atoms with Gasteiger partial charge in [-0.1, -0.05) is 0 Å². The van der Waals surface area contributed by atoms with Gasteiger partial charge < -0.3 is 42.0 Å². The fraction of sp³-hybridized carbons (Fsp3) is 0.632. The SMILES string of the molecule is CSCCC(N)C(=O)NC(C(=O)NC(C(=O)NC(Cc1cnc[nH]1)C(=O)O)C(C)O)C(C)O. The number of nitrogens with zero attached hydrogens (tertiary/aromatic N) is 1. The normalized spacial score (nSPS) is 16.5. The zero-order valence-electron chi connectivity index (χ0n) is 18.6. The van der Waals surface area contributed by atoms with Gasteiger partial charge in [-0.3, -0.25) is 14.4 Å². The molecule has 3 amide bonds. The summed E-state index contributed by atoms with van der Waals surface area (Å²) in [5.74, 6) is -3.28. The molecular weight excluding hydrogens is 456 g/mol. The summed E-state index contributed by atoms with van der Waals surface area (Å²) in [5, 5.41) is 36.2. The van der Waals surface area contributed by atoms with Crippen LogP contribution in [0.15, 0.2) is 12.5 Å². The molecule has 13 nitrogen and oxygen atoms in total. The lowest BCUT2D eigenvalue weighted by atomic mass is 10.1. The van der Waals surface area contributed by atoms with Crippen LogP contribution in [0.1, 0.15) is 26.0 Å². The highest BCUT2D eigenvalue weighted by Crippen LogP contribution is 2.04. The van der Waals surface area contributed by atoms with Gasteiger partial charge in [-0.25, -0.2) is 9.78 Å². The van der Waals surface area contributed by atoms with Crippen molar-refractivity contribution in [3.05, 3.63) is 18.2 Å². The average molecular weight is 489 g/mol. The second-order valence-electron chi connectivity index (χ2n) is 7.52. The van der Waals surface area contributed by atoms with Crippen molar-refractivity contribution >= 4 is 35.5 Å². The quantitative estimate of drug-likeness (QED) is 0.136. The van der Waals surface area contributed by atoms with Crippen molar-refractivity contribution in [2.45, 2.75) is 63.1 Å². The van der Waals surface area contributed by atoms with Gasteiger partial charge >= 0.3 is 5.97 Å². The fourth-order valence-corrected chi connectivity index (χ4v) is 3.26. The van der Waals surface area contributed by atoms with Crippen LogP contribution in [0.2, 0.25) is 0 Å². The van der Waals surface area contributed by atoms with Gasteiger partial charge in [0.25, 0.3) is 0 Å². The fourth-order valence-electron chi connectivity index (χ4n) is 2.77. The molecule has 0 saturated heterocycles. The van der Waals surface area contributed by atoms with E-state index in [1.807, 2.05) is 6.26 Å². The van der Waals surface area contributed by atoms with Gasteiger partial charge in [0.05, 0.1) is 24.6 Å². The molecule has 0 aliphatic heterocycles. The molecule has 0 spiro atoms. The molecule has 0 bridgehead atoms. The van der Waals surface area contributed by atoms with Gasteiger partial charge in [0.15, 0.2) is 0 Å². The maximum absolute atomic E-state index is 12.7. The first-order valence-corrected chi connectivity index (χ1v) is 11.6. The van der Waals surface area contributed by atoms with E-state index >= 15 is 0 Å². The van der Waals surface area contributed by atoms with Gasteiger partial charge in [0.1, 0.15) is 18.1 Å². The van der Waals surface area contributed by atoms with E-state index in [0.717, 1.165) is 0 Å². The number of aliphatic carboxylic acids is 1. The molecule has 1 rings (SSSR count). The second-order valence-corrected chi connectivity index (χ2v) is 8.51. The van der Waals surface area contributed by atoms with Gasteiger partial charge in [0.2, 0.25) is 17.7 Å². The van der Waals surface area contributed by atoms with Crippen LogP contribution < -0.4 is 21.7 Å². The number of aliphatic hydroxyl groups excluding tert-OH is 2. The number of rotatable bonds is 14. The number of carbonyl (C=O) groups is 4. The number of carbonyl (C=O) groups excluding carboxylic acids is 3. The molecule has 9 N–H and O–H groups in total. The lowest BCUT2D eigenvalue weighted by Gasteiger charge is -2.27. The Morgan fingerprint density at radius 2 is 1.61 bits per heavy atom. The summed E-state index contributed by atoms with van der Waals surface area (Å²) in [5.41, 5.74) is 6.24. The monoisotopic (exact) mass is 488 g/mol. The Labute approximate surface area is 195 Å². The number of aromatic amines is 1. The number of carboxylic acid groups (broad SMARTS) is 1. The van der Waals surface area contributed by atoms with E-state index < -0.39 is 60.1 Å². The first kappa shape index (κ1) is 28.4. The smallest absolute Gasteiger partial charge is 0.326 e. The highest BCUT2D eigenvalue weighted by atomic mass is 32.2. The molecule has 1 aromatic heterocycles. The molecule has 0 aromatic carbocycles. The summed E-state index contributed by atoms with van der Waals surface area (Å²) in [7, 11) is 0. The van der Waals surface area contributed by atoms with E-state index in [2.05, 4.69) is 25.9 Å². The third kappa shape index (κ3) is 9.37. The first-order chi connectivity index (χ1) is 15.5. The zero-order valence-corrected chi connectivity index (χ0v) is 19.5. The van der Waals surface area contributed by atoms with Crippen LogP contribution in [0.3, 0.4) is 0 Å². The van der Waals surface area contributed by atoms with Crippen LogP contribution in [-0.2, 0) is 25.6 Å². The number of amides is 3. The third-order valence-corrected chi connectivity index (χ3v) is 5.33. The number of nitrogens with one attached hydrogen (secondary N) is 4. The van der Waals surface area contributed by atoms with Crippen LogP contribution in [-0.4, -0.2) is 97.4 Å². The molecular formula is C19H32N6O7S. The van der Waals surface area contributed by atoms with E-state index in [9.17, 15) is 34.5 Å². The summed E-state index contributed by atoms with van der Waals surface area (Å²) >= 11 is 1.49. The van der Waals surface area contributed by atoms with Crippen molar-refractivity contribution in [1.29, 1.82) is 0 Å². The Kier molecular flexibility index (Phi) is 11.8. The van der Waals surface area contributed by atoms with Crippen LogP contribution >= 0.6 is 11.8 Å². The van der Waals surface area contributed by atoms with Crippen molar-refractivity contribution in [2.24, 2.45) is 5.73 Å². The minimum Gasteiger partial charge on any atom is -0.480 e. The van der Waals surface area contributed by atoms with Crippen molar-refractivity contribution < 1.29 is 34.5 Å². The van der Waals surface area contributed by atoms with Crippen LogP contribution in [0, 0.1) is 0 Å². The Hall–Kier alpha value is -2.68. The highest BCUT2D eigenvalue weighted by molar-refractivity contribution is 7.98.